The molecule has 0 unspecified atom stereocenters. The fourth-order valence-corrected chi connectivity index (χ4v) is 2.62. The van der Waals surface area contributed by atoms with Crippen molar-refractivity contribution in [1.82, 2.24) is 4.90 Å². The average Bonchev–Trinajstić information content (AvgIpc) is 2.53. The minimum Gasteiger partial charge on any atom is -0.491 e. The molecule has 3 heteroatoms. The normalized spacial score (nSPS) is 17.0. The molecule has 1 aromatic rings. The van der Waals surface area contributed by atoms with Crippen LogP contribution in [0.1, 0.15) is 32.3 Å². The molecule has 0 amide bonds. The first-order valence-electron chi connectivity index (χ1n) is 8.29. The van der Waals surface area contributed by atoms with Crippen LogP contribution in [0.4, 0.5) is 0 Å². The molecule has 0 bridgehead atoms. The lowest BCUT2D eigenvalue weighted by atomic mass is 9.99. The summed E-state index contributed by atoms with van der Waals surface area (Å²) in [5.74, 6) is 1.83. The molecule has 1 aliphatic rings. The van der Waals surface area contributed by atoms with Crippen molar-refractivity contribution in [3.63, 3.8) is 0 Å². The number of aryl methyl sites for hydroxylation is 1. The van der Waals surface area contributed by atoms with Crippen LogP contribution >= 0.6 is 0 Å². The smallest absolute Gasteiger partial charge is 0.119 e. The number of piperidine rings is 1. The van der Waals surface area contributed by atoms with Gasteiger partial charge in [0.1, 0.15) is 12.4 Å². The number of nitrogens with zero attached hydrogens (tertiary/aromatic N) is 1. The zero-order valence-corrected chi connectivity index (χ0v) is 13.5. The van der Waals surface area contributed by atoms with Gasteiger partial charge >= 0.3 is 0 Å². The van der Waals surface area contributed by atoms with Crippen LogP contribution in [0.15, 0.2) is 24.3 Å². The number of hydrogen-bond donors (Lipinski definition) is 0. The lowest BCUT2D eigenvalue weighted by Crippen LogP contribution is -2.35. The molecule has 1 heterocycles. The van der Waals surface area contributed by atoms with Gasteiger partial charge in [-0.2, -0.15) is 0 Å². The van der Waals surface area contributed by atoms with E-state index < -0.39 is 0 Å². The maximum atomic E-state index is 5.67. The Bertz CT molecular complexity index is 383. The molecule has 0 atom stereocenters. The van der Waals surface area contributed by atoms with Gasteiger partial charge in [-0.1, -0.05) is 26.0 Å². The predicted octanol–water partition coefficient (Wildman–Crippen LogP) is 3.38. The fraction of sp³-hybridized carbons (Fsp3) is 0.667. The Morgan fingerprint density at radius 3 is 2.43 bits per heavy atom. The average molecular weight is 291 g/mol. The van der Waals surface area contributed by atoms with Gasteiger partial charge < -0.3 is 14.4 Å². The summed E-state index contributed by atoms with van der Waals surface area (Å²) in [5.41, 5.74) is 1.34. The van der Waals surface area contributed by atoms with Crippen molar-refractivity contribution >= 4 is 0 Å². The third kappa shape index (κ3) is 6.06. The molecule has 2 rings (SSSR count). The highest BCUT2D eigenvalue weighted by molar-refractivity contribution is 5.27. The lowest BCUT2D eigenvalue weighted by Gasteiger charge is -2.29. The van der Waals surface area contributed by atoms with E-state index in [0.29, 0.717) is 13.2 Å². The Morgan fingerprint density at radius 2 is 1.76 bits per heavy atom. The molecular weight excluding hydrogens is 262 g/mol. The van der Waals surface area contributed by atoms with Crippen molar-refractivity contribution in [2.45, 2.75) is 33.1 Å². The summed E-state index contributed by atoms with van der Waals surface area (Å²) >= 11 is 0. The van der Waals surface area contributed by atoms with Crippen LogP contribution in [0.5, 0.6) is 5.75 Å². The monoisotopic (exact) mass is 291 g/mol. The highest BCUT2D eigenvalue weighted by Crippen LogP contribution is 2.15. The fourth-order valence-electron chi connectivity index (χ4n) is 2.62. The molecular formula is C18H29NO2. The van der Waals surface area contributed by atoms with Crippen LogP contribution < -0.4 is 4.74 Å². The van der Waals surface area contributed by atoms with Gasteiger partial charge in [-0.25, -0.2) is 0 Å². The van der Waals surface area contributed by atoms with Gasteiger partial charge in [0.2, 0.25) is 0 Å². The van der Waals surface area contributed by atoms with Crippen LogP contribution in [-0.2, 0) is 11.2 Å². The van der Waals surface area contributed by atoms with Gasteiger partial charge in [0.15, 0.2) is 0 Å². The van der Waals surface area contributed by atoms with Crippen molar-refractivity contribution in [3.05, 3.63) is 29.8 Å². The molecule has 0 N–H and O–H groups in total. The topological polar surface area (TPSA) is 21.7 Å². The second-order valence-electron chi connectivity index (χ2n) is 5.98. The minimum absolute atomic E-state index is 0.627. The standard InChI is InChI=1S/C18H29NO2/c1-3-17-4-6-18(7-5-17)21-15-14-20-13-12-19-10-8-16(2)9-11-19/h4-7,16H,3,8-15H2,1-2H3. The molecule has 0 saturated carbocycles. The molecule has 118 valence electrons. The third-order valence-corrected chi connectivity index (χ3v) is 4.26. The zero-order chi connectivity index (χ0) is 14.9. The second kappa shape index (κ2) is 9.06. The van der Waals surface area contributed by atoms with E-state index in [-0.39, 0.29) is 0 Å². The molecule has 0 aromatic heterocycles. The maximum Gasteiger partial charge on any atom is 0.119 e. The highest BCUT2D eigenvalue weighted by atomic mass is 16.5. The van der Waals surface area contributed by atoms with Crippen LogP contribution in [0.3, 0.4) is 0 Å². The number of hydrogen-bond acceptors (Lipinski definition) is 3. The number of likely N-dealkylation sites (tertiary alicyclic amines) is 1. The lowest BCUT2D eigenvalue weighted by molar-refractivity contribution is 0.0709. The molecule has 0 aliphatic carbocycles. The molecule has 21 heavy (non-hydrogen) atoms. The number of benzene rings is 1. The highest BCUT2D eigenvalue weighted by Gasteiger charge is 2.14. The summed E-state index contributed by atoms with van der Waals surface area (Å²) < 4.78 is 11.3. The van der Waals surface area contributed by atoms with E-state index >= 15 is 0 Å². The molecule has 1 saturated heterocycles. The first kappa shape index (κ1) is 16.3. The Kier molecular flexibility index (Phi) is 7.04. The largest absolute Gasteiger partial charge is 0.491 e. The van der Waals surface area contributed by atoms with Crippen molar-refractivity contribution < 1.29 is 9.47 Å². The van der Waals surface area contributed by atoms with Crippen molar-refractivity contribution in [1.29, 1.82) is 0 Å². The molecule has 1 fully saturated rings. The number of ether oxygens (including phenoxy) is 2. The Morgan fingerprint density at radius 1 is 1.05 bits per heavy atom. The van der Waals surface area contributed by atoms with Crippen molar-refractivity contribution in [2.75, 3.05) is 39.5 Å². The summed E-state index contributed by atoms with van der Waals surface area (Å²) in [6.45, 7) is 10.1. The first-order valence-corrected chi connectivity index (χ1v) is 8.29. The van der Waals surface area contributed by atoms with Crippen LogP contribution in [-0.4, -0.2) is 44.4 Å². The van der Waals surface area contributed by atoms with E-state index in [0.717, 1.165) is 31.2 Å². The third-order valence-electron chi connectivity index (χ3n) is 4.26. The van der Waals surface area contributed by atoms with Crippen LogP contribution in [0, 0.1) is 5.92 Å². The quantitative estimate of drug-likeness (QED) is 0.685. The number of rotatable bonds is 8. The van der Waals surface area contributed by atoms with Crippen LogP contribution in [0.25, 0.3) is 0 Å². The molecule has 0 spiro atoms. The summed E-state index contributed by atoms with van der Waals surface area (Å²) in [7, 11) is 0. The van der Waals surface area contributed by atoms with Gasteiger partial charge in [0.25, 0.3) is 0 Å². The van der Waals surface area contributed by atoms with E-state index in [1.54, 1.807) is 0 Å². The van der Waals surface area contributed by atoms with E-state index in [4.69, 9.17) is 9.47 Å². The molecule has 3 nitrogen and oxygen atoms in total. The summed E-state index contributed by atoms with van der Waals surface area (Å²) in [4.78, 5) is 2.50. The Hall–Kier alpha value is -1.06. The summed E-state index contributed by atoms with van der Waals surface area (Å²) in [6, 6.07) is 8.31. The Labute approximate surface area is 129 Å². The van der Waals surface area contributed by atoms with E-state index in [1.165, 1.54) is 31.5 Å². The van der Waals surface area contributed by atoms with Gasteiger partial charge in [-0.3, -0.25) is 0 Å². The minimum atomic E-state index is 0.627. The molecule has 0 radical (unpaired) electrons. The predicted molar refractivity (Wildman–Crippen MR) is 87.0 cm³/mol. The van der Waals surface area contributed by atoms with Crippen LogP contribution in [0.2, 0.25) is 0 Å². The molecule has 1 aromatic carbocycles. The van der Waals surface area contributed by atoms with Gasteiger partial charge in [0, 0.05) is 6.54 Å². The van der Waals surface area contributed by atoms with Crippen molar-refractivity contribution in [3.8, 4) is 5.75 Å². The SMILES string of the molecule is CCc1ccc(OCCOCCN2CCC(C)CC2)cc1. The zero-order valence-electron chi connectivity index (χ0n) is 13.5. The van der Waals surface area contributed by atoms with Gasteiger partial charge in [-0.05, 0) is 56.0 Å². The molecule has 1 aliphatic heterocycles. The Balaban J connectivity index is 1.49. The van der Waals surface area contributed by atoms with Gasteiger partial charge in [0.05, 0.1) is 13.2 Å². The second-order valence-corrected chi connectivity index (χ2v) is 5.98. The van der Waals surface area contributed by atoms with E-state index in [2.05, 4.69) is 30.9 Å². The van der Waals surface area contributed by atoms with E-state index in [1.807, 2.05) is 12.1 Å². The van der Waals surface area contributed by atoms with Gasteiger partial charge in [-0.15, -0.1) is 0 Å². The maximum absolute atomic E-state index is 5.67. The summed E-state index contributed by atoms with van der Waals surface area (Å²) in [6.07, 6.45) is 3.73. The summed E-state index contributed by atoms with van der Waals surface area (Å²) in [5, 5.41) is 0. The van der Waals surface area contributed by atoms with Crippen molar-refractivity contribution in [2.24, 2.45) is 5.92 Å². The van der Waals surface area contributed by atoms with E-state index in [9.17, 15) is 0 Å². The first-order chi connectivity index (χ1) is 10.3.